The number of thioether (sulfide) groups is 1. The van der Waals surface area contributed by atoms with Crippen molar-refractivity contribution >= 4 is 23.4 Å². The summed E-state index contributed by atoms with van der Waals surface area (Å²) < 4.78 is 7.69. The minimum Gasteiger partial charge on any atom is -0.493 e. The van der Waals surface area contributed by atoms with Crippen LogP contribution in [0.3, 0.4) is 0 Å². The molecule has 0 radical (unpaired) electrons. The van der Waals surface area contributed by atoms with E-state index in [0.29, 0.717) is 6.61 Å². The minimum atomic E-state index is 0.618. The maximum Gasteiger partial charge on any atom is 0.191 e. The topological polar surface area (TPSA) is 39.9 Å². The first kappa shape index (κ1) is 16.9. The maximum absolute atomic E-state index is 5.92. The number of hydrogen-bond acceptors (Lipinski definition) is 4. The zero-order chi connectivity index (χ0) is 16.9. The van der Waals surface area contributed by atoms with E-state index in [2.05, 4.69) is 10.2 Å². The third-order valence-corrected chi connectivity index (χ3v) is 4.89. The standard InChI is InChI=1S/C18H18ClN3OS/c1-3-23-16-7-5-4-6-15(16)17-20-21-18(22(17)2)24-12-13-8-10-14(19)11-9-13/h4-11H,3,12H2,1-2H3. The number of para-hydroxylation sites is 1. The number of hydrogen-bond donors (Lipinski definition) is 0. The fourth-order valence-electron chi connectivity index (χ4n) is 2.34. The Morgan fingerprint density at radius 1 is 1.08 bits per heavy atom. The second-order valence-electron chi connectivity index (χ2n) is 5.21. The lowest BCUT2D eigenvalue weighted by molar-refractivity contribution is 0.341. The molecule has 3 aromatic rings. The van der Waals surface area contributed by atoms with Crippen LogP contribution < -0.4 is 4.74 Å². The number of nitrogens with zero attached hydrogens (tertiary/aromatic N) is 3. The summed E-state index contributed by atoms with van der Waals surface area (Å²) in [7, 11) is 1.97. The van der Waals surface area contributed by atoms with Crippen molar-refractivity contribution in [2.24, 2.45) is 7.05 Å². The molecule has 0 saturated carbocycles. The van der Waals surface area contributed by atoms with E-state index in [9.17, 15) is 0 Å². The fourth-order valence-corrected chi connectivity index (χ4v) is 3.33. The van der Waals surface area contributed by atoms with E-state index in [-0.39, 0.29) is 0 Å². The van der Waals surface area contributed by atoms with Crippen molar-refractivity contribution in [2.45, 2.75) is 17.8 Å². The Bertz CT molecular complexity index is 817. The number of benzene rings is 2. The average Bonchev–Trinajstić information content (AvgIpc) is 2.96. The Morgan fingerprint density at radius 2 is 1.83 bits per heavy atom. The first-order chi connectivity index (χ1) is 11.7. The highest BCUT2D eigenvalue weighted by Gasteiger charge is 2.15. The zero-order valence-electron chi connectivity index (χ0n) is 13.6. The lowest BCUT2D eigenvalue weighted by atomic mass is 10.2. The van der Waals surface area contributed by atoms with Gasteiger partial charge in [0.25, 0.3) is 0 Å². The van der Waals surface area contributed by atoms with Crippen molar-refractivity contribution in [1.82, 2.24) is 14.8 Å². The van der Waals surface area contributed by atoms with Gasteiger partial charge in [0, 0.05) is 17.8 Å². The molecule has 124 valence electrons. The molecule has 0 aliphatic carbocycles. The van der Waals surface area contributed by atoms with Gasteiger partial charge in [-0.2, -0.15) is 0 Å². The van der Waals surface area contributed by atoms with Crippen LogP contribution in [0.5, 0.6) is 5.75 Å². The summed E-state index contributed by atoms with van der Waals surface area (Å²) >= 11 is 7.57. The molecule has 24 heavy (non-hydrogen) atoms. The van der Waals surface area contributed by atoms with Crippen LogP contribution >= 0.6 is 23.4 Å². The second-order valence-corrected chi connectivity index (χ2v) is 6.59. The highest BCUT2D eigenvalue weighted by Crippen LogP contribution is 2.31. The van der Waals surface area contributed by atoms with Crippen LogP contribution in [0.4, 0.5) is 0 Å². The van der Waals surface area contributed by atoms with Gasteiger partial charge in [-0.3, -0.25) is 0 Å². The summed E-state index contributed by atoms with van der Waals surface area (Å²) in [6.07, 6.45) is 0. The van der Waals surface area contributed by atoms with Gasteiger partial charge in [-0.05, 0) is 36.8 Å². The Labute approximate surface area is 150 Å². The maximum atomic E-state index is 5.92. The van der Waals surface area contributed by atoms with E-state index in [1.165, 1.54) is 5.56 Å². The predicted molar refractivity (Wildman–Crippen MR) is 98.6 cm³/mol. The van der Waals surface area contributed by atoms with Crippen molar-refractivity contribution < 1.29 is 4.74 Å². The molecule has 1 heterocycles. The third kappa shape index (κ3) is 3.74. The van der Waals surface area contributed by atoms with Gasteiger partial charge in [0.2, 0.25) is 0 Å². The van der Waals surface area contributed by atoms with Gasteiger partial charge in [-0.15, -0.1) is 10.2 Å². The number of rotatable bonds is 6. The summed E-state index contributed by atoms with van der Waals surface area (Å²) in [5.74, 6) is 2.44. The van der Waals surface area contributed by atoms with E-state index in [1.807, 2.05) is 67.1 Å². The number of ether oxygens (including phenoxy) is 1. The van der Waals surface area contributed by atoms with Crippen LogP contribution in [-0.2, 0) is 12.8 Å². The van der Waals surface area contributed by atoms with Gasteiger partial charge in [0.05, 0.1) is 12.2 Å². The van der Waals surface area contributed by atoms with Crippen LogP contribution in [0.15, 0.2) is 53.7 Å². The molecule has 0 bridgehead atoms. The highest BCUT2D eigenvalue weighted by atomic mass is 35.5. The molecule has 0 spiro atoms. The van der Waals surface area contributed by atoms with Gasteiger partial charge in [-0.25, -0.2) is 0 Å². The molecule has 0 aliphatic heterocycles. The molecule has 0 amide bonds. The second kappa shape index (κ2) is 7.73. The van der Waals surface area contributed by atoms with Crippen LogP contribution in [-0.4, -0.2) is 21.4 Å². The Balaban J connectivity index is 1.80. The molecule has 4 nitrogen and oxygen atoms in total. The smallest absolute Gasteiger partial charge is 0.191 e. The van der Waals surface area contributed by atoms with Gasteiger partial charge in [0.1, 0.15) is 5.75 Å². The van der Waals surface area contributed by atoms with Gasteiger partial charge in [0.15, 0.2) is 11.0 Å². The van der Waals surface area contributed by atoms with Crippen molar-refractivity contribution in [3.8, 4) is 17.1 Å². The molecule has 0 fully saturated rings. The SMILES string of the molecule is CCOc1ccccc1-c1nnc(SCc2ccc(Cl)cc2)n1C. The van der Waals surface area contributed by atoms with Crippen LogP contribution in [0.25, 0.3) is 11.4 Å². The molecule has 3 rings (SSSR count). The summed E-state index contributed by atoms with van der Waals surface area (Å²) in [5.41, 5.74) is 2.15. The predicted octanol–water partition coefficient (Wildman–Crippen LogP) is 4.83. The quantitative estimate of drug-likeness (QED) is 0.591. The molecule has 6 heteroatoms. The summed E-state index contributed by atoms with van der Waals surface area (Å²) in [5, 5.41) is 10.3. The number of aromatic nitrogens is 3. The Kier molecular flexibility index (Phi) is 5.43. The monoisotopic (exact) mass is 359 g/mol. The highest BCUT2D eigenvalue weighted by molar-refractivity contribution is 7.98. The van der Waals surface area contributed by atoms with Gasteiger partial charge >= 0.3 is 0 Å². The molecule has 1 aromatic heterocycles. The fraction of sp³-hybridized carbons (Fsp3) is 0.222. The molecular formula is C18H18ClN3OS. The van der Waals surface area contributed by atoms with Gasteiger partial charge in [-0.1, -0.05) is 47.6 Å². The Hall–Kier alpha value is -1.98. The molecule has 0 unspecified atom stereocenters. The van der Waals surface area contributed by atoms with E-state index >= 15 is 0 Å². The van der Waals surface area contributed by atoms with E-state index in [1.54, 1.807) is 11.8 Å². The van der Waals surface area contributed by atoms with Crippen molar-refractivity contribution in [1.29, 1.82) is 0 Å². The summed E-state index contributed by atoms with van der Waals surface area (Å²) in [6.45, 7) is 2.59. The van der Waals surface area contributed by atoms with E-state index in [0.717, 1.165) is 33.1 Å². The normalized spacial score (nSPS) is 10.8. The average molecular weight is 360 g/mol. The largest absolute Gasteiger partial charge is 0.493 e. The molecule has 0 saturated heterocycles. The van der Waals surface area contributed by atoms with E-state index in [4.69, 9.17) is 16.3 Å². The lowest BCUT2D eigenvalue weighted by Crippen LogP contribution is -1.99. The number of halogens is 1. The van der Waals surface area contributed by atoms with Crippen LogP contribution in [0, 0.1) is 0 Å². The van der Waals surface area contributed by atoms with E-state index < -0.39 is 0 Å². The zero-order valence-corrected chi connectivity index (χ0v) is 15.1. The minimum absolute atomic E-state index is 0.618. The van der Waals surface area contributed by atoms with Crippen molar-refractivity contribution in [3.63, 3.8) is 0 Å². The molecule has 0 atom stereocenters. The molecule has 2 aromatic carbocycles. The van der Waals surface area contributed by atoms with Crippen LogP contribution in [0.1, 0.15) is 12.5 Å². The summed E-state index contributed by atoms with van der Waals surface area (Å²) in [4.78, 5) is 0. The molecule has 0 aliphatic rings. The van der Waals surface area contributed by atoms with Gasteiger partial charge < -0.3 is 9.30 Å². The molecular weight excluding hydrogens is 342 g/mol. The summed E-state index contributed by atoms with van der Waals surface area (Å²) in [6, 6.07) is 15.7. The first-order valence-corrected chi connectivity index (χ1v) is 9.04. The van der Waals surface area contributed by atoms with Crippen LogP contribution in [0.2, 0.25) is 5.02 Å². The molecule has 0 N–H and O–H groups in total. The lowest BCUT2D eigenvalue weighted by Gasteiger charge is -2.09. The first-order valence-electron chi connectivity index (χ1n) is 7.68. The Morgan fingerprint density at radius 3 is 2.58 bits per heavy atom. The van der Waals surface area contributed by atoms with Crippen molar-refractivity contribution in [3.05, 3.63) is 59.1 Å². The third-order valence-electron chi connectivity index (χ3n) is 3.54. The van der Waals surface area contributed by atoms with Crippen molar-refractivity contribution in [2.75, 3.05) is 6.61 Å².